The average Bonchev–Trinajstić information content (AvgIpc) is 2.76. The summed E-state index contributed by atoms with van der Waals surface area (Å²) in [5.41, 5.74) is 0.510. The van der Waals surface area contributed by atoms with Crippen LogP contribution in [0.5, 0.6) is 5.75 Å². The third-order valence-electron chi connectivity index (χ3n) is 3.27. The van der Waals surface area contributed by atoms with Crippen molar-refractivity contribution in [2.24, 2.45) is 5.92 Å². The number of carbonyl (C=O) groups is 1. The lowest BCUT2D eigenvalue weighted by molar-refractivity contribution is 0.0941. The van der Waals surface area contributed by atoms with Crippen molar-refractivity contribution in [3.05, 3.63) is 29.8 Å². The highest BCUT2D eigenvalue weighted by molar-refractivity contribution is 7.91. The van der Waals surface area contributed by atoms with Crippen LogP contribution in [0.1, 0.15) is 30.6 Å². The van der Waals surface area contributed by atoms with Gasteiger partial charge in [-0.3, -0.25) is 4.79 Å². The van der Waals surface area contributed by atoms with Gasteiger partial charge in [-0.15, -0.1) is 0 Å². The second-order valence-corrected chi connectivity index (χ2v) is 8.03. The van der Waals surface area contributed by atoms with Gasteiger partial charge >= 0.3 is 0 Å². The lowest BCUT2D eigenvalue weighted by atomic mass is 10.2. The van der Waals surface area contributed by atoms with E-state index < -0.39 is 9.84 Å². The van der Waals surface area contributed by atoms with Crippen molar-refractivity contribution in [1.29, 1.82) is 0 Å². The molecule has 1 aliphatic heterocycles. The van der Waals surface area contributed by atoms with Crippen molar-refractivity contribution in [2.45, 2.75) is 26.3 Å². The summed E-state index contributed by atoms with van der Waals surface area (Å²) in [6.45, 7) is 4.76. The summed E-state index contributed by atoms with van der Waals surface area (Å²) < 4.78 is 28.3. The van der Waals surface area contributed by atoms with Crippen LogP contribution in [0.2, 0.25) is 0 Å². The van der Waals surface area contributed by atoms with Gasteiger partial charge in [0.2, 0.25) is 0 Å². The highest BCUT2D eigenvalue weighted by Gasteiger charge is 2.29. The van der Waals surface area contributed by atoms with E-state index in [1.807, 2.05) is 0 Å². The fraction of sp³-hybridized carbons (Fsp3) is 0.533. The van der Waals surface area contributed by atoms with Gasteiger partial charge in [-0.25, -0.2) is 8.42 Å². The number of sulfone groups is 1. The molecule has 1 atom stereocenters. The number of ether oxygens (including phenoxy) is 1. The molecule has 1 aromatic rings. The van der Waals surface area contributed by atoms with Crippen LogP contribution in [0, 0.1) is 5.92 Å². The Hall–Kier alpha value is -1.56. The van der Waals surface area contributed by atoms with Gasteiger partial charge in [0.15, 0.2) is 9.84 Å². The lowest BCUT2D eigenvalue weighted by Crippen LogP contribution is -2.35. The van der Waals surface area contributed by atoms with Crippen LogP contribution in [0.4, 0.5) is 0 Å². The molecule has 6 heteroatoms. The molecular weight excluding hydrogens is 290 g/mol. The molecule has 1 amide bonds. The summed E-state index contributed by atoms with van der Waals surface area (Å²) >= 11 is 0. The maximum absolute atomic E-state index is 12.0. The summed E-state index contributed by atoms with van der Waals surface area (Å²) in [5, 5.41) is 2.76. The zero-order valence-electron chi connectivity index (χ0n) is 12.3. The first-order valence-electron chi connectivity index (χ1n) is 7.10. The quantitative estimate of drug-likeness (QED) is 0.897. The van der Waals surface area contributed by atoms with E-state index in [4.69, 9.17) is 4.74 Å². The maximum Gasteiger partial charge on any atom is 0.251 e. The van der Waals surface area contributed by atoms with E-state index in [9.17, 15) is 13.2 Å². The first-order chi connectivity index (χ1) is 9.85. The molecule has 0 aromatic heterocycles. The van der Waals surface area contributed by atoms with Gasteiger partial charge in [0.25, 0.3) is 5.91 Å². The molecule has 1 N–H and O–H groups in total. The van der Waals surface area contributed by atoms with Crippen molar-refractivity contribution in [1.82, 2.24) is 5.32 Å². The Labute approximate surface area is 125 Å². The zero-order chi connectivity index (χ0) is 15.5. The average molecular weight is 311 g/mol. The molecule has 0 aliphatic carbocycles. The van der Waals surface area contributed by atoms with Crippen LogP contribution in [0.15, 0.2) is 24.3 Å². The minimum atomic E-state index is -2.98. The number of benzene rings is 1. The molecule has 1 aliphatic rings. The van der Waals surface area contributed by atoms with Gasteiger partial charge in [-0.2, -0.15) is 0 Å². The van der Waals surface area contributed by atoms with Crippen LogP contribution in [-0.2, 0) is 9.84 Å². The SMILES string of the molecule is CC(C)COc1ccc(C(=O)N[C@@H]2CCS(=O)(=O)C2)cc1. The van der Waals surface area contributed by atoms with Crippen molar-refractivity contribution >= 4 is 15.7 Å². The predicted molar refractivity (Wildman–Crippen MR) is 81.3 cm³/mol. The summed E-state index contributed by atoms with van der Waals surface area (Å²) in [4.78, 5) is 12.0. The van der Waals surface area contributed by atoms with E-state index in [1.54, 1.807) is 24.3 Å². The monoisotopic (exact) mass is 311 g/mol. The molecule has 1 aromatic carbocycles. The number of hydrogen-bond donors (Lipinski definition) is 1. The van der Waals surface area contributed by atoms with Gasteiger partial charge < -0.3 is 10.1 Å². The Morgan fingerprint density at radius 2 is 2.00 bits per heavy atom. The Morgan fingerprint density at radius 3 is 2.52 bits per heavy atom. The van der Waals surface area contributed by atoms with Crippen molar-refractivity contribution < 1.29 is 17.9 Å². The summed E-state index contributed by atoms with van der Waals surface area (Å²) in [7, 11) is -2.98. The molecule has 5 nitrogen and oxygen atoms in total. The lowest BCUT2D eigenvalue weighted by Gasteiger charge is -2.12. The number of carbonyl (C=O) groups excluding carboxylic acids is 1. The molecule has 1 fully saturated rings. The molecule has 0 spiro atoms. The smallest absolute Gasteiger partial charge is 0.251 e. The molecule has 1 heterocycles. The number of hydrogen-bond acceptors (Lipinski definition) is 4. The van der Waals surface area contributed by atoms with Crippen LogP contribution < -0.4 is 10.1 Å². The van der Waals surface area contributed by atoms with Crippen LogP contribution in [-0.4, -0.2) is 38.5 Å². The minimum absolute atomic E-state index is 0.0360. The van der Waals surface area contributed by atoms with Gasteiger partial charge in [0, 0.05) is 11.6 Å². The van der Waals surface area contributed by atoms with E-state index >= 15 is 0 Å². The van der Waals surface area contributed by atoms with E-state index in [1.165, 1.54) is 0 Å². The first kappa shape index (κ1) is 15.8. The van der Waals surface area contributed by atoms with Gasteiger partial charge in [-0.1, -0.05) is 13.8 Å². The number of amides is 1. The fourth-order valence-corrected chi connectivity index (χ4v) is 3.82. The second kappa shape index (κ2) is 6.47. The first-order valence-corrected chi connectivity index (χ1v) is 8.92. The molecule has 1 saturated heterocycles. The van der Waals surface area contributed by atoms with Crippen LogP contribution in [0.3, 0.4) is 0 Å². The third kappa shape index (κ3) is 4.74. The molecule has 0 radical (unpaired) electrons. The summed E-state index contributed by atoms with van der Waals surface area (Å²) in [6, 6.07) is 6.60. The van der Waals surface area contributed by atoms with Crippen molar-refractivity contribution in [3.63, 3.8) is 0 Å². The molecule has 116 valence electrons. The standard InChI is InChI=1S/C15H21NO4S/c1-11(2)9-20-14-5-3-12(4-6-14)15(17)16-13-7-8-21(18,19)10-13/h3-6,11,13H,7-10H2,1-2H3,(H,16,17)/t13-/m1/s1. The highest BCUT2D eigenvalue weighted by atomic mass is 32.2. The molecule has 2 rings (SSSR count). The van der Waals surface area contributed by atoms with Crippen molar-refractivity contribution in [3.8, 4) is 5.75 Å². The molecule has 21 heavy (non-hydrogen) atoms. The maximum atomic E-state index is 12.0. The summed E-state index contributed by atoms with van der Waals surface area (Å²) in [5.74, 6) is 1.11. The largest absolute Gasteiger partial charge is 0.493 e. The van der Waals surface area contributed by atoms with E-state index in [2.05, 4.69) is 19.2 Å². The Bertz CT molecular complexity index is 593. The number of rotatable bonds is 5. The topological polar surface area (TPSA) is 72.5 Å². The van der Waals surface area contributed by atoms with E-state index in [0.717, 1.165) is 5.75 Å². The zero-order valence-corrected chi connectivity index (χ0v) is 13.2. The van der Waals surface area contributed by atoms with Crippen molar-refractivity contribution in [2.75, 3.05) is 18.1 Å². The third-order valence-corrected chi connectivity index (χ3v) is 5.04. The molecular formula is C15H21NO4S. The normalized spacial score (nSPS) is 20.4. The molecule has 0 unspecified atom stereocenters. The fourth-order valence-electron chi connectivity index (χ4n) is 2.14. The highest BCUT2D eigenvalue weighted by Crippen LogP contribution is 2.15. The second-order valence-electron chi connectivity index (χ2n) is 5.80. The Morgan fingerprint density at radius 1 is 1.33 bits per heavy atom. The predicted octanol–water partition coefficient (Wildman–Crippen LogP) is 1.64. The minimum Gasteiger partial charge on any atom is -0.493 e. The van der Waals surface area contributed by atoms with Gasteiger partial charge in [0.1, 0.15) is 5.75 Å². The van der Waals surface area contributed by atoms with Crippen LogP contribution in [0.25, 0.3) is 0 Å². The van der Waals surface area contributed by atoms with Gasteiger partial charge in [-0.05, 0) is 36.6 Å². The molecule has 0 saturated carbocycles. The van der Waals surface area contributed by atoms with E-state index in [0.29, 0.717) is 24.5 Å². The molecule has 0 bridgehead atoms. The van der Waals surface area contributed by atoms with Gasteiger partial charge in [0.05, 0.1) is 18.1 Å². The van der Waals surface area contributed by atoms with E-state index in [-0.39, 0.29) is 23.5 Å². The van der Waals surface area contributed by atoms with Crippen LogP contribution >= 0.6 is 0 Å². The number of nitrogens with one attached hydrogen (secondary N) is 1. The Balaban J connectivity index is 1.91. The summed E-state index contributed by atoms with van der Waals surface area (Å²) in [6.07, 6.45) is 0.490. The Kier molecular flexibility index (Phi) is 4.88.